The molecule has 1 aliphatic carbocycles. The van der Waals surface area contributed by atoms with Crippen molar-refractivity contribution >= 4 is 40.6 Å². The zero-order valence-corrected chi connectivity index (χ0v) is 18.2. The van der Waals surface area contributed by atoms with Gasteiger partial charge >= 0.3 is 5.97 Å². The molecule has 2 aromatic rings. The number of hydrogen-bond acceptors (Lipinski definition) is 3. The first-order chi connectivity index (χ1) is 14.0. The Balaban J connectivity index is 1.62. The minimum atomic E-state index is -0.421. The second-order valence-corrected chi connectivity index (χ2v) is 8.28. The number of nitrogens with one attached hydrogen (secondary N) is 2. The van der Waals surface area contributed by atoms with Crippen molar-refractivity contribution in [3.8, 4) is 0 Å². The van der Waals surface area contributed by atoms with Crippen LogP contribution in [0.25, 0.3) is 0 Å². The molecule has 4 nitrogen and oxygen atoms in total. The standard InChI is InChI=1S/C23H27ClN2O2S/c1-2-28-21(27)19-11-10-18(16-20(19)24)25-22(29)26-23(13-6-7-14-23)15-12-17-8-4-3-5-9-17/h3-5,8-11,16H,2,6-7,12-15H2,1H3,(H2,25,26,29). The third kappa shape index (κ3) is 5.94. The quantitative estimate of drug-likeness (QED) is 0.432. The Morgan fingerprint density at radius 1 is 1.17 bits per heavy atom. The fourth-order valence-electron chi connectivity index (χ4n) is 3.89. The minimum Gasteiger partial charge on any atom is -0.462 e. The first kappa shape index (κ1) is 21.6. The summed E-state index contributed by atoms with van der Waals surface area (Å²) in [5.41, 5.74) is 2.47. The predicted molar refractivity (Wildman–Crippen MR) is 123 cm³/mol. The molecule has 2 N–H and O–H groups in total. The number of rotatable bonds is 7. The average Bonchev–Trinajstić information content (AvgIpc) is 3.16. The van der Waals surface area contributed by atoms with Crippen molar-refractivity contribution in [1.29, 1.82) is 0 Å². The third-order valence-corrected chi connectivity index (χ3v) is 5.91. The molecular formula is C23H27ClN2O2S. The van der Waals surface area contributed by atoms with E-state index in [0.717, 1.165) is 31.4 Å². The molecule has 6 heteroatoms. The summed E-state index contributed by atoms with van der Waals surface area (Å²) in [4.78, 5) is 11.9. The predicted octanol–water partition coefficient (Wildman–Crippen LogP) is 5.75. The molecule has 0 spiro atoms. The van der Waals surface area contributed by atoms with E-state index in [2.05, 4.69) is 34.9 Å². The number of aryl methyl sites for hydroxylation is 1. The Bertz CT molecular complexity index is 851. The molecule has 0 atom stereocenters. The van der Waals surface area contributed by atoms with Gasteiger partial charge in [0, 0.05) is 11.2 Å². The maximum Gasteiger partial charge on any atom is 0.339 e. The zero-order chi connectivity index (χ0) is 20.7. The van der Waals surface area contributed by atoms with Crippen LogP contribution in [0.5, 0.6) is 0 Å². The van der Waals surface area contributed by atoms with Crippen LogP contribution in [0.4, 0.5) is 5.69 Å². The van der Waals surface area contributed by atoms with E-state index in [0.29, 0.717) is 22.3 Å². The van der Waals surface area contributed by atoms with E-state index in [1.165, 1.54) is 18.4 Å². The summed E-state index contributed by atoms with van der Waals surface area (Å²) in [6, 6.07) is 15.7. The largest absolute Gasteiger partial charge is 0.462 e. The van der Waals surface area contributed by atoms with E-state index in [9.17, 15) is 4.79 Å². The van der Waals surface area contributed by atoms with Crippen LogP contribution in [0, 0.1) is 0 Å². The van der Waals surface area contributed by atoms with E-state index in [1.54, 1.807) is 25.1 Å². The SMILES string of the molecule is CCOC(=O)c1ccc(NC(=S)NC2(CCc3ccccc3)CCCC2)cc1Cl. The molecular weight excluding hydrogens is 404 g/mol. The number of anilines is 1. The van der Waals surface area contributed by atoms with Gasteiger partial charge in [-0.2, -0.15) is 0 Å². The Morgan fingerprint density at radius 3 is 2.55 bits per heavy atom. The lowest BCUT2D eigenvalue weighted by Gasteiger charge is -2.32. The highest BCUT2D eigenvalue weighted by Gasteiger charge is 2.34. The van der Waals surface area contributed by atoms with Crippen LogP contribution in [0.1, 0.15) is 54.9 Å². The molecule has 29 heavy (non-hydrogen) atoms. The monoisotopic (exact) mass is 430 g/mol. The summed E-state index contributed by atoms with van der Waals surface area (Å²) in [5.74, 6) is -0.421. The molecule has 0 radical (unpaired) electrons. The Labute approximate surface area is 183 Å². The molecule has 0 heterocycles. The molecule has 0 saturated heterocycles. The average molecular weight is 431 g/mol. The molecule has 0 bridgehead atoms. The maximum absolute atomic E-state index is 11.9. The van der Waals surface area contributed by atoms with Gasteiger partial charge in [-0.1, -0.05) is 54.8 Å². The fourth-order valence-corrected chi connectivity index (χ4v) is 4.48. The second-order valence-electron chi connectivity index (χ2n) is 7.47. The lowest BCUT2D eigenvalue weighted by molar-refractivity contribution is 0.0526. The molecule has 1 aliphatic rings. The lowest BCUT2D eigenvalue weighted by Crippen LogP contribution is -2.48. The second kappa shape index (κ2) is 10.1. The van der Waals surface area contributed by atoms with Crippen LogP contribution in [-0.4, -0.2) is 23.2 Å². The van der Waals surface area contributed by atoms with Crippen molar-refractivity contribution in [1.82, 2.24) is 5.32 Å². The van der Waals surface area contributed by atoms with Gasteiger partial charge < -0.3 is 15.4 Å². The number of hydrogen-bond donors (Lipinski definition) is 2. The van der Waals surface area contributed by atoms with Crippen LogP contribution in [0.15, 0.2) is 48.5 Å². The van der Waals surface area contributed by atoms with Crippen molar-refractivity contribution in [2.75, 3.05) is 11.9 Å². The summed E-state index contributed by atoms with van der Waals surface area (Å²) in [7, 11) is 0. The van der Waals surface area contributed by atoms with Gasteiger partial charge in [0.2, 0.25) is 0 Å². The first-order valence-electron chi connectivity index (χ1n) is 10.1. The van der Waals surface area contributed by atoms with Crippen molar-refractivity contribution in [2.45, 2.75) is 51.0 Å². The van der Waals surface area contributed by atoms with Crippen LogP contribution < -0.4 is 10.6 Å². The highest BCUT2D eigenvalue weighted by molar-refractivity contribution is 7.80. The topological polar surface area (TPSA) is 50.4 Å². The van der Waals surface area contributed by atoms with E-state index >= 15 is 0 Å². The van der Waals surface area contributed by atoms with E-state index in [4.69, 9.17) is 28.6 Å². The number of ether oxygens (including phenoxy) is 1. The highest BCUT2D eigenvalue weighted by atomic mass is 35.5. The van der Waals surface area contributed by atoms with E-state index in [1.807, 2.05) is 6.07 Å². The summed E-state index contributed by atoms with van der Waals surface area (Å²) in [6.07, 6.45) is 6.72. The van der Waals surface area contributed by atoms with Crippen molar-refractivity contribution in [3.63, 3.8) is 0 Å². The Morgan fingerprint density at radius 2 is 1.90 bits per heavy atom. The molecule has 2 aromatic carbocycles. The van der Waals surface area contributed by atoms with Gasteiger partial charge in [-0.25, -0.2) is 4.79 Å². The van der Waals surface area contributed by atoms with Crippen LogP contribution in [0.3, 0.4) is 0 Å². The zero-order valence-electron chi connectivity index (χ0n) is 16.7. The van der Waals surface area contributed by atoms with E-state index < -0.39 is 5.97 Å². The Hall–Kier alpha value is -2.11. The third-order valence-electron chi connectivity index (χ3n) is 5.40. The number of halogens is 1. The summed E-state index contributed by atoms with van der Waals surface area (Å²) in [5, 5.41) is 7.72. The molecule has 0 unspecified atom stereocenters. The summed E-state index contributed by atoms with van der Waals surface area (Å²) >= 11 is 11.8. The van der Waals surface area contributed by atoms with Gasteiger partial charge in [-0.05, 0) is 68.6 Å². The smallest absolute Gasteiger partial charge is 0.339 e. The first-order valence-corrected chi connectivity index (χ1v) is 10.9. The number of carbonyl (C=O) groups is 1. The van der Waals surface area contributed by atoms with Crippen molar-refractivity contribution in [3.05, 3.63) is 64.7 Å². The van der Waals surface area contributed by atoms with Gasteiger partial charge in [0.05, 0.1) is 17.2 Å². The van der Waals surface area contributed by atoms with Gasteiger partial charge in [0.1, 0.15) is 0 Å². The van der Waals surface area contributed by atoms with Crippen molar-refractivity contribution < 1.29 is 9.53 Å². The van der Waals surface area contributed by atoms with Gasteiger partial charge in [0.25, 0.3) is 0 Å². The molecule has 1 saturated carbocycles. The van der Waals surface area contributed by atoms with Crippen LogP contribution in [-0.2, 0) is 11.2 Å². The minimum absolute atomic E-state index is 0.0224. The van der Waals surface area contributed by atoms with Gasteiger partial charge in [-0.3, -0.25) is 0 Å². The number of esters is 1. The molecule has 0 aliphatic heterocycles. The number of thiocarbonyl (C=S) groups is 1. The maximum atomic E-state index is 11.9. The number of carbonyl (C=O) groups excluding carboxylic acids is 1. The molecule has 1 fully saturated rings. The fraction of sp³-hybridized carbons (Fsp3) is 0.391. The highest BCUT2D eigenvalue weighted by Crippen LogP contribution is 2.34. The van der Waals surface area contributed by atoms with Crippen LogP contribution in [0.2, 0.25) is 5.02 Å². The van der Waals surface area contributed by atoms with E-state index in [-0.39, 0.29) is 5.54 Å². The normalized spacial score (nSPS) is 15.0. The molecule has 0 aromatic heterocycles. The molecule has 0 amide bonds. The summed E-state index contributed by atoms with van der Waals surface area (Å²) < 4.78 is 5.01. The van der Waals surface area contributed by atoms with Crippen LogP contribution >= 0.6 is 23.8 Å². The summed E-state index contributed by atoms with van der Waals surface area (Å²) in [6.45, 7) is 2.08. The molecule has 154 valence electrons. The number of benzene rings is 2. The Kier molecular flexibility index (Phi) is 7.51. The molecule has 3 rings (SSSR count). The van der Waals surface area contributed by atoms with Gasteiger partial charge in [0.15, 0.2) is 5.11 Å². The lowest BCUT2D eigenvalue weighted by atomic mass is 9.89. The van der Waals surface area contributed by atoms with Gasteiger partial charge in [-0.15, -0.1) is 0 Å². The van der Waals surface area contributed by atoms with Crippen molar-refractivity contribution in [2.24, 2.45) is 0 Å².